The van der Waals surface area contributed by atoms with Gasteiger partial charge in [0.15, 0.2) is 0 Å². The van der Waals surface area contributed by atoms with E-state index in [0.717, 1.165) is 25.1 Å². The maximum Gasteiger partial charge on any atom is 0.404 e. The van der Waals surface area contributed by atoms with Crippen LogP contribution in [-0.2, 0) is 16.4 Å². The van der Waals surface area contributed by atoms with Gasteiger partial charge in [-0.1, -0.05) is 44.2 Å². The Morgan fingerprint density at radius 3 is 2.49 bits per heavy atom. The number of benzene rings is 2. The molecule has 1 aliphatic heterocycles. The van der Waals surface area contributed by atoms with Crippen molar-refractivity contribution in [3.05, 3.63) is 54.1 Å². The highest BCUT2D eigenvalue weighted by Gasteiger charge is 2.35. The van der Waals surface area contributed by atoms with Crippen LogP contribution in [0.3, 0.4) is 0 Å². The molecule has 1 saturated heterocycles. The van der Waals surface area contributed by atoms with Crippen LogP contribution in [0.5, 0.6) is 0 Å². The second-order valence-corrected chi connectivity index (χ2v) is 13.1. The highest BCUT2D eigenvalue weighted by atomic mass is 32.2. The van der Waals surface area contributed by atoms with Gasteiger partial charge in [-0.15, -0.1) is 0 Å². The Balaban J connectivity index is 1.52. The average Bonchev–Trinajstić information content (AvgIpc) is 3.63. The zero-order valence-electron chi connectivity index (χ0n) is 22.7. The number of anilines is 2. The molecule has 10 nitrogen and oxygen atoms in total. The number of hydrogen-bond acceptors (Lipinski definition) is 7. The number of nitrogens with two attached hydrogens (primary N) is 1. The summed E-state index contributed by atoms with van der Waals surface area (Å²) in [5.41, 5.74) is 8.11. The Hall–Kier alpha value is -2.86. The predicted octanol–water partition coefficient (Wildman–Crippen LogP) is 2.80. The molecule has 3 unspecified atom stereocenters. The lowest BCUT2D eigenvalue weighted by molar-refractivity contribution is 0.0980. The SMILES string of the molecule is CC(C)CN(CC(O)C(Cc1ccccc1)NC(=O)O)S(=O)(=O)c1ccc(N)c(NC2CCN(C3CC3)C2)c1. The first-order valence-corrected chi connectivity index (χ1v) is 15.1. The van der Waals surface area contributed by atoms with Crippen LogP contribution in [0.15, 0.2) is 53.4 Å². The van der Waals surface area contributed by atoms with Gasteiger partial charge < -0.3 is 26.6 Å². The maximum absolute atomic E-state index is 13.9. The molecule has 4 rings (SSSR count). The topological polar surface area (TPSA) is 148 Å². The summed E-state index contributed by atoms with van der Waals surface area (Å²) < 4.78 is 29.0. The number of nitrogen functional groups attached to an aromatic ring is 1. The zero-order valence-corrected chi connectivity index (χ0v) is 23.5. The van der Waals surface area contributed by atoms with Crippen LogP contribution in [0.1, 0.15) is 38.7 Å². The minimum Gasteiger partial charge on any atom is -0.465 e. The number of hydrogen-bond donors (Lipinski definition) is 5. The molecule has 39 heavy (non-hydrogen) atoms. The fourth-order valence-corrected chi connectivity index (χ4v) is 6.84. The van der Waals surface area contributed by atoms with E-state index in [9.17, 15) is 23.4 Å². The van der Waals surface area contributed by atoms with Crippen molar-refractivity contribution in [2.45, 2.75) is 68.7 Å². The smallest absolute Gasteiger partial charge is 0.404 e. The number of carbonyl (C=O) groups is 1. The van der Waals surface area contributed by atoms with Gasteiger partial charge in [0.1, 0.15) is 0 Å². The molecule has 2 aromatic carbocycles. The molecule has 0 bridgehead atoms. The van der Waals surface area contributed by atoms with E-state index in [1.165, 1.54) is 23.2 Å². The van der Waals surface area contributed by atoms with Gasteiger partial charge in [0.05, 0.1) is 28.4 Å². The third-order valence-corrected chi connectivity index (χ3v) is 9.16. The fourth-order valence-electron chi connectivity index (χ4n) is 5.19. The van der Waals surface area contributed by atoms with Gasteiger partial charge >= 0.3 is 6.09 Å². The number of sulfonamides is 1. The zero-order chi connectivity index (χ0) is 28.2. The number of likely N-dealkylation sites (tertiary alicyclic amines) is 1. The first kappa shape index (κ1) is 29.1. The standard InChI is InChI=1S/C28H41N5O5S/c1-19(2)16-33(18-27(34)26(31-28(35)36)14-20-6-4-3-5-7-20)39(37,38)23-10-11-24(29)25(15-23)30-21-12-13-32(17-21)22-8-9-22/h3-7,10-11,15,19,21-22,26-27,30-31,34H,8-9,12-14,16-18,29H2,1-2H3,(H,35,36). The summed E-state index contributed by atoms with van der Waals surface area (Å²) in [4.78, 5) is 14.0. The summed E-state index contributed by atoms with van der Waals surface area (Å²) in [5, 5.41) is 26.3. The lowest BCUT2D eigenvalue weighted by Gasteiger charge is -2.30. The number of nitrogens with one attached hydrogen (secondary N) is 2. The van der Waals surface area contributed by atoms with E-state index in [4.69, 9.17) is 5.73 Å². The highest BCUT2D eigenvalue weighted by molar-refractivity contribution is 7.89. The summed E-state index contributed by atoms with van der Waals surface area (Å²) in [6, 6.07) is 13.8. The van der Waals surface area contributed by atoms with Gasteiger partial charge in [-0.2, -0.15) is 4.31 Å². The van der Waals surface area contributed by atoms with Crippen molar-refractivity contribution in [2.75, 3.05) is 37.2 Å². The van der Waals surface area contributed by atoms with E-state index < -0.39 is 28.3 Å². The number of nitrogens with zero attached hydrogens (tertiary/aromatic N) is 2. The van der Waals surface area contributed by atoms with Crippen LogP contribution in [0.4, 0.5) is 16.2 Å². The number of amides is 1. The van der Waals surface area contributed by atoms with Crippen molar-refractivity contribution in [3.8, 4) is 0 Å². The number of aliphatic hydroxyl groups excluding tert-OH is 1. The second kappa shape index (κ2) is 12.5. The minimum absolute atomic E-state index is 0.0229. The quantitative estimate of drug-likeness (QED) is 0.235. The summed E-state index contributed by atoms with van der Waals surface area (Å²) in [5.74, 6) is -0.0229. The van der Waals surface area contributed by atoms with E-state index >= 15 is 0 Å². The largest absolute Gasteiger partial charge is 0.465 e. The first-order chi connectivity index (χ1) is 18.5. The van der Waals surface area contributed by atoms with Crippen LogP contribution in [0.2, 0.25) is 0 Å². The Morgan fingerprint density at radius 1 is 1.13 bits per heavy atom. The average molecular weight is 560 g/mol. The summed E-state index contributed by atoms with van der Waals surface area (Å²) in [6.07, 6.45) is 1.13. The molecule has 2 fully saturated rings. The van der Waals surface area contributed by atoms with Gasteiger partial charge in [-0.25, -0.2) is 13.2 Å². The molecule has 1 heterocycles. The molecule has 214 valence electrons. The van der Waals surface area contributed by atoms with Crippen LogP contribution in [0.25, 0.3) is 0 Å². The van der Waals surface area contributed by atoms with Crippen molar-refractivity contribution in [1.82, 2.24) is 14.5 Å². The molecule has 1 aliphatic carbocycles. The van der Waals surface area contributed by atoms with Gasteiger partial charge in [0.2, 0.25) is 10.0 Å². The molecule has 1 amide bonds. The van der Waals surface area contributed by atoms with Crippen molar-refractivity contribution in [1.29, 1.82) is 0 Å². The van der Waals surface area contributed by atoms with Gasteiger partial charge in [-0.05, 0) is 55.4 Å². The monoisotopic (exact) mass is 559 g/mol. The number of rotatable bonds is 13. The van der Waals surface area contributed by atoms with Crippen LogP contribution in [0, 0.1) is 5.92 Å². The molecule has 1 saturated carbocycles. The van der Waals surface area contributed by atoms with E-state index in [2.05, 4.69) is 15.5 Å². The Morgan fingerprint density at radius 2 is 1.85 bits per heavy atom. The fraction of sp³-hybridized carbons (Fsp3) is 0.536. The Kier molecular flexibility index (Phi) is 9.37. The van der Waals surface area contributed by atoms with Crippen molar-refractivity contribution in [2.24, 2.45) is 5.92 Å². The Labute approximate surface area is 231 Å². The Bertz CT molecular complexity index is 1220. The lowest BCUT2D eigenvalue weighted by Crippen LogP contribution is -2.50. The van der Waals surface area contributed by atoms with E-state index in [1.54, 1.807) is 12.1 Å². The first-order valence-electron chi connectivity index (χ1n) is 13.6. The van der Waals surface area contributed by atoms with Gasteiger partial charge in [0.25, 0.3) is 0 Å². The molecule has 0 aromatic heterocycles. The van der Waals surface area contributed by atoms with E-state index in [-0.39, 0.29) is 36.4 Å². The molecule has 11 heteroatoms. The molecule has 2 aromatic rings. The molecule has 0 spiro atoms. The molecular formula is C28H41N5O5S. The summed E-state index contributed by atoms with van der Waals surface area (Å²) in [6.45, 7) is 5.63. The molecule has 3 atom stereocenters. The van der Waals surface area contributed by atoms with Crippen LogP contribution < -0.4 is 16.4 Å². The van der Waals surface area contributed by atoms with Crippen molar-refractivity contribution in [3.63, 3.8) is 0 Å². The number of carboxylic acid groups (broad SMARTS) is 1. The third-order valence-electron chi connectivity index (χ3n) is 7.34. The van der Waals surface area contributed by atoms with Crippen LogP contribution in [-0.4, -0.2) is 84.3 Å². The number of aliphatic hydroxyl groups is 1. The third kappa shape index (κ3) is 7.84. The van der Waals surface area contributed by atoms with Gasteiger partial charge in [0, 0.05) is 38.3 Å². The lowest BCUT2D eigenvalue weighted by atomic mass is 10.0. The second-order valence-electron chi connectivity index (χ2n) is 11.1. The van der Waals surface area contributed by atoms with E-state index in [1.807, 2.05) is 44.2 Å². The van der Waals surface area contributed by atoms with Crippen molar-refractivity contribution < 1.29 is 23.4 Å². The van der Waals surface area contributed by atoms with Gasteiger partial charge in [-0.3, -0.25) is 4.90 Å². The van der Waals surface area contributed by atoms with Crippen LogP contribution >= 0.6 is 0 Å². The maximum atomic E-state index is 13.9. The molecule has 0 radical (unpaired) electrons. The van der Waals surface area contributed by atoms with Crippen molar-refractivity contribution >= 4 is 27.5 Å². The predicted molar refractivity (Wildman–Crippen MR) is 152 cm³/mol. The van der Waals surface area contributed by atoms with E-state index in [0.29, 0.717) is 17.4 Å². The highest BCUT2D eigenvalue weighted by Crippen LogP contribution is 2.32. The molecule has 2 aliphatic rings. The normalized spacial score (nSPS) is 19.8. The molecule has 6 N–H and O–H groups in total. The summed E-state index contributed by atoms with van der Waals surface area (Å²) >= 11 is 0. The molecular weight excluding hydrogens is 518 g/mol. The minimum atomic E-state index is -4.02. The summed E-state index contributed by atoms with van der Waals surface area (Å²) in [7, 11) is -4.02.